The number of hydrogen-bond donors (Lipinski definition) is 0. The zero-order valence-electron chi connectivity index (χ0n) is 7.95. The van der Waals surface area contributed by atoms with Gasteiger partial charge >= 0.3 is 0 Å². The lowest BCUT2D eigenvalue weighted by atomic mass is 10.2. The normalized spacial score (nSPS) is 10.6. The van der Waals surface area contributed by atoms with Crippen LogP contribution in [-0.2, 0) is 6.54 Å². The molecule has 0 saturated heterocycles. The molecule has 0 heterocycles. The summed E-state index contributed by atoms with van der Waals surface area (Å²) < 4.78 is 0.990. The Morgan fingerprint density at radius 2 is 1.50 bits per heavy atom. The Kier molecular flexibility index (Phi) is 4.50. The maximum atomic E-state index is 2.20. The molecular weight excluding hydrogens is 214 g/mol. The molecule has 2 heteroatoms. The standard InChI is InChI=1S/C10H16N.BrH/c1-11(2,3)9-10-7-5-4-6-8-10;/h4-8H,9H2,1-3H3;1H/q+1;. The number of benzene rings is 1. The van der Waals surface area contributed by atoms with Crippen LogP contribution in [0, 0.1) is 0 Å². The Morgan fingerprint density at radius 1 is 1.00 bits per heavy atom. The first-order valence-corrected chi connectivity index (χ1v) is 3.92. The molecule has 0 aliphatic carbocycles. The van der Waals surface area contributed by atoms with Gasteiger partial charge < -0.3 is 4.48 Å². The van der Waals surface area contributed by atoms with Crippen molar-refractivity contribution < 1.29 is 4.48 Å². The third kappa shape index (κ3) is 4.52. The van der Waals surface area contributed by atoms with E-state index in [0.717, 1.165) is 11.0 Å². The lowest BCUT2D eigenvalue weighted by molar-refractivity contribution is -0.884. The molecule has 0 N–H and O–H groups in total. The highest BCUT2D eigenvalue weighted by molar-refractivity contribution is 8.93. The molecule has 0 unspecified atom stereocenters. The summed E-state index contributed by atoms with van der Waals surface area (Å²) in [5, 5.41) is 0. The van der Waals surface area contributed by atoms with E-state index in [1.54, 1.807) is 0 Å². The maximum absolute atomic E-state index is 2.20. The van der Waals surface area contributed by atoms with Gasteiger partial charge in [-0.3, -0.25) is 0 Å². The summed E-state index contributed by atoms with van der Waals surface area (Å²) in [5.41, 5.74) is 1.40. The minimum Gasteiger partial charge on any atom is -0.327 e. The second-order valence-electron chi connectivity index (χ2n) is 3.93. The van der Waals surface area contributed by atoms with Gasteiger partial charge in [0.2, 0.25) is 0 Å². The summed E-state index contributed by atoms with van der Waals surface area (Å²) in [6.07, 6.45) is 0. The summed E-state index contributed by atoms with van der Waals surface area (Å²) in [4.78, 5) is 0. The third-order valence-electron chi connectivity index (χ3n) is 1.50. The van der Waals surface area contributed by atoms with Crippen LogP contribution < -0.4 is 0 Å². The number of nitrogens with zero attached hydrogens (tertiary/aromatic N) is 1. The Morgan fingerprint density at radius 3 is 1.92 bits per heavy atom. The van der Waals surface area contributed by atoms with Gasteiger partial charge in [-0.25, -0.2) is 0 Å². The van der Waals surface area contributed by atoms with Gasteiger partial charge in [-0.05, 0) is 0 Å². The minimum atomic E-state index is 0. The topological polar surface area (TPSA) is 0 Å². The van der Waals surface area contributed by atoms with Crippen molar-refractivity contribution in [2.75, 3.05) is 21.1 Å². The van der Waals surface area contributed by atoms with Gasteiger partial charge in [0.1, 0.15) is 6.54 Å². The molecule has 0 aliphatic rings. The van der Waals surface area contributed by atoms with Gasteiger partial charge in [-0.15, -0.1) is 17.0 Å². The molecule has 0 spiro atoms. The summed E-state index contributed by atoms with van der Waals surface area (Å²) in [6, 6.07) is 10.6. The molecule has 0 atom stereocenters. The quantitative estimate of drug-likeness (QED) is 0.686. The number of hydrogen-bond acceptors (Lipinski definition) is 0. The van der Waals surface area contributed by atoms with Crippen LogP contribution in [0.25, 0.3) is 0 Å². The zero-order chi connectivity index (χ0) is 8.32. The molecule has 0 bridgehead atoms. The van der Waals surface area contributed by atoms with E-state index in [1.165, 1.54) is 5.56 Å². The van der Waals surface area contributed by atoms with Crippen LogP contribution in [-0.4, -0.2) is 25.6 Å². The van der Waals surface area contributed by atoms with E-state index >= 15 is 0 Å². The van der Waals surface area contributed by atoms with Crippen molar-refractivity contribution in [3.8, 4) is 0 Å². The highest BCUT2D eigenvalue weighted by Gasteiger charge is 2.06. The highest BCUT2D eigenvalue weighted by atomic mass is 79.9. The monoisotopic (exact) mass is 230 g/mol. The largest absolute Gasteiger partial charge is 0.327 e. The zero-order valence-corrected chi connectivity index (χ0v) is 9.66. The molecule has 0 aromatic heterocycles. The van der Waals surface area contributed by atoms with E-state index in [-0.39, 0.29) is 17.0 Å². The molecule has 0 amide bonds. The van der Waals surface area contributed by atoms with Gasteiger partial charge in [0, 0.05) is 5.56 Å². The van der Waals surface area contributed by atoms with Crippen molar-refractivity contribution in [3.63, 3.8) is 0 Å². The Hall–Kier alpha value is -0.340. The van der Waals surface area contributed by atoms with Gasteiger partial charge in [0.15, 0.2) is 0 Å². The summed E-state index contributed by atoms with van der Waals surface area (Å²) in [5.74, 6) is 0. The van der Waals surface area contributed by atoms with Gasteiger partial charge in [0.25, 0.3) is 0 Å². The SMILES string of the molecule is Br.C[N+](C)(C)Cc1ccccc1. The molecule has 0 aliphatic heterocycles. The average molecular weight is 231 g/mol. The molecule has 1 rings (SSSR count). The second-order valence-corrected chi connectivity index (χ2v) is 3.93. The number of quaternary nitrogens is 1. The summed E-state index contributed by atoms with van der Waals surface area (Å²) in [6.45, 7) is 1.10. The smallest absolute Gasteiger partial charge is 0.104 e. The minimum absolute atomic E-state index is 0. The second kappa shape index (κ2) is 4.63. The van der Waals surface area contributed by atoms with Crippen molar-refractivity contribution >= 4 is 17.0 Å². The fourth-order valence-corrected chi connectivity index (χ4v) is 1.13. The van der Waals surface area contributed by atoms with E-state index in [2.05, 4.69) is 51.5 Å². The summed E-state index contributed by atoms with van der Waals surface area (Å²) >= 11 is 0. The van der Waals surface area contributed by atoms with Crippen molar-refractivity contribution in [1.29, 1.82) is 0 Å². The van der Waals surface area contributed by atoms with E-state index in [1.807, 2.05) is 0 Å². The first kappa shape index (κ1) is 11.7. The first-order valence-electron chi connectivity index (χ1n) is 3.92. The maximum Gasteiger partial charge on any atom is 0.104 e. The van der Waals surface area contributed by atoms with Crippen LogP contribution in [0.2, 0.25) is 0 Å². The van der Waals surface area contributed by atoms with Gasteiger partial charge in [-0.1, -0.05) is 30.3 Å². The number of rotatable bonds is 2. The van der Waals surface area contributed by atoms with Crippen molar-refractivity contribution in [3.05, 3.63) is 35.9 Å². The number of halogens is 1. The molecule has 0 fully saturated rings. The van der Waals surface area contributed by atoms with Gasteiger partial charge in [-0.2, -0.15) is 0 Å². The van der Waals surface area contributed by atoms with Crippen molar-refractivity contribution in [2.45, 2.75) is 6.54 Å². The van der Waals surface area contributed by atoms with E-state index in [9.17, 15) is 0 Å². The highest BCUT2D eigenvalue weighted by Crippen LogP contribution is 2.04. The lowest BCUT2D eigenvalue weighted by Gasteiger charge is -2.23. The molecule has 1 aromatic carbocycles. The molecule has 12 heavy (non-hydrogen) atoms. The van der Waals surface area contributed by atoms with Crippen LogP contribution in [0.15, 0.2) is 30.3 Å². The Labute approximate surface area is 85.4 Å². The van der Waals surface area contributed by atoms with Crippen LogP contribution in [0.4, 0.5) is 0 Å². The fraction of sp³-hybridized carbons (Fsp3) is 0.400. The van der Waals surface area contributed by atoms with Crippen LogP contribution >= 0.6 is 17.0 Å². The van der Waals surface area contributed by atoms with Crippen LogP contribution in [0.3, 0.4) is 0 Å². The predicted molar refractivity (Wildman–Crippen MR) is 58.5 cm³/mol. The molecule has 68 valence electrons. The summed E-state index contributed by atoms with van der Waals surface area (Å²) in [7, 11) is 6.60. The van der Waals surface area contributed by atoms with Crippen molar-refractivity contribution in [2.24, 2.45) is 0 Å². The van der Waals surface area contributed by atoms with E-state index < -0.39 is 0 Å². The third-order valence-corrected chi connectivity index (χ3v) is 1.50. The fourth-order valence-electron chi connectivity index (χ4n) is 1.13. The molecule has 1 nitrogen and oxygen atoms in total. The average Bonchev–Trinajstić information content (AvgIpc) is 1.85. The Balaban J connectivity index is 0.00000121. The van der Waals surface area contributed by atoms with Gasteiger partial charge in [0.05, 0.1) is 21.1 Å². The molecular formula is C10H17BrN+. The predicted octanol–water partition coefficient (Wildman–Crippen LogP) is 2.47. The van der Waals surface area contributed by atoms with Crippen LogP contribution in [0.5, 0.6) is 0 Å². The Bertz CT molecular complexity index is 213. The molecule has 0 radical (unpaired) electrons. The molecule has 0 saturated carbocycles. The molecule has 1 aromatic rings. The lowest BCUT2D eigenvalue weighted by Crippen LogP contribution is -2.33. The first-order chi connectivity index (χ1) is 5.08. The van der Waals surface area contributed by atoms with E-state index in [0.29, 0.717) is 0 Å². The van der Waals surface area contributed by atoms with E-state index in [4.69, 9.17) is 0 Å². The van der Waals surface area contributed by atoms with Crippen molar-refractivity contribution in [1.82, 2.24) is 0 Å². The van der Waals surface area contributed by atoms with Crippen LogP contribution in [0.1, 0.15) is 5.56 Å².